The van der Waals surface area contributed by atoms with Gasteiger partial charge >= 0.3 is 5.97 Å². The number of rotatable bonds is 9. The van der Waals surface area contributed by atoms with Gasteiger partial charge in [0.05, 0.1) is 13.7 Å². The Morgan fingerprint density at radius 3 is 2.42 bits per heavy atom. The first-order chi connectivity index (χ1) is 11.1. The zero-order chi connectivity index (χ0) is 16.9. The van der Waals surface area contributed by atoms with Gasteiger partial charge in [-0.05, 0) is 18.4 Å². The minimum atomic E-state index is -0.119. The van der Waals surface area contributed by atoms with Gasteiger partial charge in [0.25, 0.3) is 0 Å². The van der Waals surface area contributed by atoms with Crippen molar-refractivity contribution in [2.75, 3.05) is 27.7 Å². The lowest BCUT2D eigenvalue weighted by Gasteiger charge is -2.17. The highest BCUT2D eigenvalue weighted by Gasteiger charge is 2.02. The molecule has 136 valence electrons. The summed E-state index contributed by atoms with van der Waals surface area (Å²) in [6.07, 6.45) is 4.64. The topological polar surface area (TPSA) is 53.9 Å². The quantitative estimate of drug-likeness (QED) is 0.207. The van der Waals surface area contributed by atoms with Gasteiger partial charge in [-0.1, -0.05) is 43.2 Å². The highest BCUT2D eigenvalue weighted by molar-refractivity contribution is 14.0. The van der Waals surface area contributed by atoms with E-state index in [2.05, 4.69) is 27.2 Å². The smallest absolute Gasteiger partial charge is 0.305 e. The molecular formula is C18H30IN3O2. The minimum Gasteiger partial charge on any atom is -0.469 e. The number of nitrogens with zero attached hydrogens (tertiary/aromatic N) is 2. The van der Waals surface area contributed by atoms with E-state index in [9.17, 15) is 4.79 Å². The van der Waals surface area contributed by atoms with Crippen LogP contribution in [0, 0.1) is 0 Å². The van der Waals surface area contributed by atoms with E-state index in [4.69, 9.17) is 0 Å². The molecule has 0 saturated heterocycles. The molecule has 0 amide bonds. The number of benzene rings is 1. The third-order valence-electron chi connectivity index (χ3n) is 3.50. The number of unbranched alkanes of at least 4 members (excludes halogenated alkanes) is 3. The van der Waals surface area contributed by atoms with E-state index in [0.29, 0.717) is 13.0 Å². The molecule has 0 bridgehead atoms. The first kappa shape index (κ1) is 22.7. The first-order valence-corrected chi connectivity index (χ1v) is 8.20. The second-order valence-electron chi connectivity index (χ2n) is 5.69. The van der Waals surface area contributed by atoms with E-state index < -0.39 is 0 Å². The van der Waals surface area contributed by atoms with Gasteiger partial charge in [-0.2, -0.15) is 0 Å². The monoisotopic (exact) mass is 447 g/mol. The zero-order valence-corrected chi connectivity index (χ0v) is 17.3. The number of hydrogen-bond donors (Lipinski definition) is 1. The summed E-state index contributed by atoms with van der Waals surface area (Å²) in [6, 6.07) is 10.2. The van der Waals surface area contributed by atoms with Gasteiger partial charge in [0.2, 0.25) is 0 Å². The maximum absolute atomic E-state index is 11.0. The van der Waals surface area contributed by atoms with Gasteiger partial charge < -0.3 is 15.0 Å². The lowest BCUT2D eigenvalue weighted by atomic mass is 10.1. The number of hydrogen-bond acceptors (Lipinski definition) is 3. The molecule has 24 heavy (non-hydrogen) atoms. The lowest BCUT2D eigenvalue weighted by molar-refractivity contribution is -0.140. The summed E-state index contributed by atoms with van der Waals surface area (Å²) in [5, 5.41) is 3.38. The van der Waals surface area contributed by atoms with Crippen molar-refractivity contribution in [3.8, 4) is 0 Å². The van der Waals surface area contributed by atoms with Gasteiger partial charge in [0, 0.05) is 27.1 Å². The van der Waals surface area contributed by atoms with Crippen molar-refractivity contribution in [3.05, 3.63) is 35.9 Å². The summed E-state index contributed by atoms with van der Waals surface area (Å²) in [4.78, 5) is 17.6. The molecule has 0 fully saturated rings. The molecule has 0 aliphatic rings. The number of methoxy groups -OCH3 is 1. The van der Waals surface area contributed by atoms with Gasteiger partial charge in [0.1, 0.15) is 0 Å². The van der Waals surface area contributed by atoms with E-state index in [1.807, 2.05) is 37.2 Å². The summed E-state index contributed by atoms with van der Waals surface area (Å²) >= 11 is 0. The van der Waals surface area contributed by atoms with Crippen LogP contribution >= 0.6 is 24.0 Å². The summed E-state index contributed by atoms with van der Waals surface area (Å²) in [7, 11) is 5.42. The van der Waals surface area contributed by atoms with E-state index in [1.54, 1.807) is 0 Å². The summed E-state index contributed by atoms with van der Waals surface area (Å²) in [5.41, 5.74) is 1.21. The number of carbonyl (C=O) groups is 1. The molecule has 0 atom stereocenters. The van der Waals surface area contributed by atoms with Gasteiger partial charge in [-0.25, -0.2) is 4.99 Å². The van der Waals surface area contributed by atoms with Gasteiger partial charge in [-0.3, -0.25) is 4.79 Å². The average molecular weight is 447 g/mol. The van der Waals surface area contributed by atoms with Crippen LogP contribution in [-0.2, 0) is 16.1 Å². The van der Waals surface area contributed by atoms with Crippen molar-refractivity contribution >= 4 is 35.9 Å². The van der Waals surface area contributed by atoms with Crippen LogP contribution in [0.15, 0.2) is 35.3 Å². The van der Waals surface area contributed by atoms with Crippen molar-refractivity contribution in [2.45, 2.75) is 38.6 Å². The maximum atomic E-state index is 11.0. The fourth-order valence-electron chi connectivity index (χ4n) is 2.16. The Bertz CT molecular complexity index is 478. The zero-order valence-electron chi connectivity index (χ0n) is 15.0. The number of ether oxygens (including phenoxy) is 1. The minimum absolute atomic E-state index is 0. The fourth-order valence-corrected chi connectivity index (χ4v) is 2.16. The van der Waals surface area contributed by atoms with Crippen molar-refractivity contribution in [3.63, 3.8) is 0 Å². The summed E-state index contributed by atoms with van der Waals surface area (Å²) in [5.74, 6) is 0.787. The van der Waals surface area contributed by atoms with E-state index >= 15 is 0 Å². The van der Waals surface area contributed by atoms with E-state index in [0.717, 1.165) is 38.2 Å². The number of halogens is 1. The first-order valence-electron chi connectivity index (χ1n) is 8.20. The van der Waals surface area contributed by atoms with Crippen molar-refractivity contribution in [1.29, 1.82) is 0 Å². The molecule has 0 saturated carbocycles. The number of esters is 1. The van der Waals surface area contributed by atoms with E-state index in [1.165, 1.54) is 12.7 Å². The highest BCUT2D eigenvalue weighted by atomic mass is 127. The molecular weight excluding hydrogens is 417 g/mol. The fraction of sp³-hybridized carbons (Fsp3) is 0.556. The second kappa shape index (κ2) is 14.1. The van der Waals surface area contributed by atoms with Crippen molar-refractivity contribution in [1.82, 2.24) is 10.2 Å². The van der Waals surface area contributed by atoms with Crippen LogP contribution < -0.4 is 5.32 Å². The Hall–Kier alpha value is -1.31. The number of carbonyl (C=O) groups excluding carboxylic acids is 1. The summed E-state index contributed by atoms with van der Waals surface area (Å²) in [6.45, 7) is 1.57. The van der Waals surface area contributed by atoms with Crippen LogP contribution in [0.3, 0.4) is 0 Å². The highest BCUT2D eigenvalue weighted by Crippen LogP contribution is 2.04. The van der Waals surface area contributed by atoms with Gasteiger partial charge in [0.15, 0.2) is 5.96 Å². The van der Waals surface area contributed by atoms with Crippen LogP contribution in [-0.4, -0.2) is 44.6 Å². The molecule has 1 aromatic rings. The molecule has 0 spiro atoms. The molecule has 5 nitrogen and oxygen atoms in total. The number of guanidine groups is 1. The Morgan fingerprint density at radius 1 is 1.12 bits per heavy atom. The second-order valence-corrected chi connectivity index (χ2v) is 5.69. The van der Waals surface area contributed by atoms with Gasteiger partial charge in [-0.15, -0.1) is 24.0 Å². The third-order valence-corrected chi connectivity index (χ3v) is 3.50. The largest absolute Gasteiger partial charge is 0.469 e. The maximum Gasteiger partial charge on any atom is 0.305 e. The van der Waals surface area contributed by atoms with Crippen molar-refractivity contribution < 1.29 is 9.53 Å². The molecule has 6 heteroatoms. The number of nitrogens with one attached hydrogen (secondary N) is 1. The summed E-state index contributed by atoms with van der Waals surface area (Å²) < 4.78 is 4.63. The van der Waals surface area contributed by atoms with Crippen LogP contribution in [0.2, 0.25) is 0 Å². The molecule has 1 aromatic carbocycles. The van der Waals surface area contributed by atoms with Crippen LogP contribution in [0.5, 0.6) is 0 Å². The van der Waals surface area contributed by atoms with Crippen LogP contribution in [0.25, 0.3) is 0 Å². The third kappa shape index (κ3) is 10.5. The van der Waals surface area contributed by atoms with Crippen LogP contribution in [0.4, 0.5) is 0 Å². The molecule has 1 N–H and O–H groups in total. The SMILES string of the molecule is COC(=O)CCCCCCNC(=NCc1ccccc1)N(C)C.I. The predicted octanol–water partition coefficient (Wildman–Crippen LogP) is 3.44. The lowest BCUT2D eigenvalue weighted by Crippen LogP contribution is -2.37. The van der Waals surface area contributed by atoms with Crippen molar-refractivity contribution in [2.24, 2.45) is 4.99 Å². The Kier molecular flexibility index (Phi) is 13.3. The standard InChI is InChI=1S/C18H29N3O2.HI/c1-21(2)18(20-15-16-11-7-6-8-12-16)19-14-10-5-4-9-13-17(22)23-3;/h6-8,11-12H,4-5,9-10,13-15H2,1-3H3,(H,19,20);1H. The molecule has 0 unspecified atom stereocenters. The number of aliphatic imine (C=N–C) groups is 1. The molecule has 1 rings (SSSR count). The van der Waals surface area contributed by atoms with E-state index in [-0.39, 0.29) is 29.9 Å². The average Bonchev–Trinajstić information content (AvgIpc) is 2.56. The Balaban J connectivity index is 0.00000529. The predicted molar refractivity (Wildman–Crippen MR) is 110 cm³/mol. The normalized spacial score (nSPS) is 10.7. The molecule has 0 aliphatic carbocycles. The Morgan fingerprint density at radius 2 is 1.79 bits per heavy atom. The molecule has 0 heterocycles. The van der Waals surface area contributed by atoms with Crippen LogP contribution in [0.1, 0.15) is 37.7 Å². The Labute approximate surface area is 162 Å². The molecule has 0 radical (unpaired) electrons. The molecule has 0 aliphatic heterocycles. The molecule has 0 aromatic heterocycles.